The van der Waals surface area contributed by atoms with Gasteiger partial charge >= 0.3 is 0 Å². The molecule has 1 fully saturated rings. The van der Waals surface area contributed by atoms with Crippen LogP contribution in [0, 0.1) is 11.8 Å². The number of rotatable bonds is 10. The summed E-state index contributed by atoms with van der Waals surface area (Å²) in [5.41, 5.74) is 1.02. The molecule has 0 saturated carbocycles. The van der Waals surface area contributed by atoms with Crippen LogP contribution >= 0.6 is 0 Å². The van der Waals surface area contributed by atoms with E-state index in [4.69, 9.17) is 19.3 Å². The van der Waals surface area contributed by atoms with Gasteiger partial charge in [-0.3, -0.25) is 9.48 Å². The van der Waals surface area contributed by atoms with Crippen LogP contribution in [0.1, 0.15) is 52.5 Å². The van der Waals surface area contributed by atoms with E-state index in [1.807, 2.05) is 10.7 Å². The van der Waals surface area contributed by atoms with Crippen molar-refractivity contribution in [2.75, 3.05) is 26.9 Å². The van der Waals surface area contributed by atoms with Crippen LogP contribution in [-0.4, -0.2) is 48.2 Å². The Bertz CT molecular complexity index is 869. The van der Waals surface area contributed by atoms with Gasteiger partial charge in [0.15, 0.2) is 5.60 Å². The van der Waals surface area contributed by atoms with E-state index < -0.39 is 5.60 Å². The fraction of sp³-hybridized carbons (Fsp3) is 0.667. The SMILES string of the molecule is COCc1ccc2c(c1)c(OC(C)(C)C(=O)NCC1CCOCC1)nn2CCC(C)C. The zero-order valence-corrected chi connectivity index (χ0v) is 19.6. The summed E-state index contributed by atoms with van der Waals surface area (Å²) >= 11 is 0. The van der Waals surface area contributed by atoms with Gasteiger partial charge in [-0.15, -0.1) is 5.10 Å². The molecule has 0 unspecified atom stereocenters. The maximum atomic E-state index is 12.9. The van der Waals surface area contributed by atoms with Crippen LogP contribution in [0.25, 0.3) is 10.9 Å². The molecule has 31 heavy (non-hydrogen) atoms. The van der Waals surface area contributed by atoms with E-state index in [0.717, 1.165) is 55.5 Å². The lowest BCUT2D eigenvalue weighted by Crippen LogP contribution is -2.48. The first-order valence-corrected chi connectivity index (χ1v) is 11.3. The number of fused-ring (bicyclic) bond motifs is 1. The lowest BCUT2D eigenvalue weighted by molar-refractivity contribution is -0.134. The topological polar surface area (TPSA) is 74.6 Å². The molecular weight excluding hydrogens is 394 g/mol. The van der Waals surface area contributed by atoms with Gasteiger partial charge in [0.1, 0.15) is 0 Å². The Labute approximate surface area is 185 Å². The van der Waals surface area contributed by atoms with E-state index in [-0.39, 0.29) is 5.91 Å². The normalized spacial score (nSPS) is 15.5. The Morgan fingerprint density at radius 3 is 2.74 bits per heavy atom. The van der Waals surface area contributed by atoms with Crippen molar-refractivity contribution in [3.63, 3.8) is 0 Å². The number of carbonyl (C=O) groups is 1. The predicted molar refractivity (Wildman–Crippen MR) is 121 cm³/mol. The largest absolute Gasteiger partial charge is 0.460 e. The fourth-order valence-corrected chi connectivity index (χ4v) is 3.77. The van der Waals surface area contributed by atoms with Crippen molar-refractivity contribution >= 4 is 16.8 Å². The van der Waals surface area contributed by atoms with Crippen LogP contribution in [0.2, 0.25) is 0 Å². The summed E-state index contributed by atoms with van der Waals surface area (Å²) in [5.74, 6) is 1.39. The van der Waals surface area contributed by atoms with Gasteiger partial charge in [0.2, 0.25) is 5.88 Å². The van der Waals surface area contributed by atoms with Crippen molar-refractivity contribution in [3.8, 4) is 5.88 Å². The monoisotopic (exact) mass is 431 g/mol. The standard InChI is InChI=1S/C24H37N3O4/c1-17(2)8-11-27-21-7-6-19(16-29-5)14-20(21)22(26-27)31-24(3,4)23(28)25-15-18-9-12-30-13-10-18/h6-7,14,17-18H,8-13,15-16H2,1-5H3,(H,25,28). The first-order valence-electron chi connectivity index (χ1n) is 11.3. The summed E-state index contributed by atoms with van der Waals surface area (Å²) in [7, 11) is 1.68. The summed E-state index contributed by atoms with van der Waals surface area (Å²) in [6.45, 7) is 11.5. The van der Waals surface area contributed by atoms with Crippen molar-refractivity contribution in [2.45, 2.75) is 65.7 Å². The van der Waals surface area contributed by atoms with E-state index in [9.17, 15) is 4.79 Å². The van der Waals surface area contributed by atoms with Crippen LogP contribution in [0.4, 0.5) is 0 Å². The molecule has 2 heterocycles. The van der Waals surface area contributed by atoms with Gasteiger partial charge in [-0.2, -0.15) is 0 Å². The van der Waals surface area contributed by atoms with Gasteiger partial charge in [-0.05, 0) is 62.6 Å². The molecular formula is C24H37N3O4. The van der Waals surface area contributed by atoms with Crippen LogP contribution in [-0.2, 0) is 27.4 Å². The molecule has 0 spiro atoms. The highest BCUT2D eigenvalue weighted by atomic mass is 16.5. The van der Waals surface area contributed by atoms with E-state index in [0.29, 0.717) is 30.9 Å². The molecule has 0 aliphatic carbocycles. The molecule has 0 atom stereocenters. The minimum atomic E-state index is -1.04. The fourth-order valence-electron chi connectivity index (χ4n) is 3.77. The van der Waals surface area contributed by atoms with E-state index in [1.54, 1.807) is 21.0 Å². The summed E-state index contributed by atoms with van der Waals surface area (Å²) in [6, 6.07) is 6.15. The van der Waals surface area contributed by atoms with Gasteiger partial charge in [0, 0.05) is 33.4 Å². The molecule has 0 radical (unpaired) electrons. The Kier molecular flexibility index (Phi) is 7.94. The number of ether oxygens (including phenoxy) is 3. The average Bonchev–Trinajstić information content (AvgIpc) is 3.07. The summed E-state index contributed by atoms with van der Waals surface area (Å²) < 4.78 is 18.9. The smallest absolute Gasteiger partial charge is 0.263 e. The molecule has 3 rings (SSSR count). The summed E-state index contributed by atoms with van der Waals surface area (Å²) in [6.07, 6.45) is 2.98. The molecule has 1 aliphatic rings. The van der Waals surface area contributed by atoms with Crippen LogP contribution in [0.5, 0.6) is 5.88 Å². The third-order valence-corrected chi connectivity index (χ3v) is 5.80. The second-order valence-corrected chi connectivity index (χ2v) is 9.37. The van der Waals surface area contributed by atoms with E-state index in [2.05, 4.69) is 31.3 Å². The zero-order valence-electron chi connectivity index (χ0n) is 19.6. The molecule has 7 nitrogen and oxygen atoms in total. The number of aryl methyl sites for hydroxylation is 1. The number of nitrogens with one attached hydrogen (secondary N) is 1. The molecule has 1 N–H and O–H groups in total. The first-order chi connectivity index (χ1) is 14.8. The number of aromatic nitrogens is 2. The van der Waals surface area contributed by atoms with E-state index in [1.165, 1.54) is 0 Å². The quantitative estimate of drug-likeness (QED) is 0.617. The molecule has 2 aromatic rings. The van der Waals surface area contributed by atoms with Gasteiger partial charge < -0.3 is 19.5 Å². The van der Waals surface area contributed by atoms with Gasteiger partial charge in [-0.1, -0.05) is 19.9 Å². The molecule has 1 saturated heterocycles. The number of benzene rings is 1. The summed E-state index contributed by atoms with van der Waals surface area (Å²) in [4.78, 5) is 12.9. The van der Waals surface area contributed by atoms with Crippen molar-refractivity contribution in [1.82, 2.24) is 15.1 Å². The molecule has 1 aliphatic heterocycles. The number of hydrogen-bond acceptors (Lipinski definition) is 5. The van der Waals surface area contributed by atoms with Gasteiger partial charge in [0.25, 0.3) is 5.91 Å². The minimum absolute atomic E-state index is 0.128. The zero-order chi connectivity index (χ0) is 22.4. The van der Waals surface area contributed by atoms with Crippen LogP contribution in [0.3, 0.4) is 0 Å². The molecule has 1 aromatic carbocycles. The number of hydrogen-bond donors (Lipinski definition) is 1. The highest BCUT2D eigenvalue weighted by Gasteiger charge is 2.32. The lowest BCUT2D eigenvalue weighted by atomic mass is 10.00. The summed E-state index contributed by atoms with van der Waals surface area (Å²) in [5, 5.41) is 8.71. The highest BCUT2D eigenvalue weighted by molar-refractivity contribution is 5.88. The van der Waals surface area contributed by atoms with Gasteiger partial charge in [-0.25, -0.2) is 0 Å². The van der Waals surface area contributed by atoms with Crippen LogP contribution in [0.15, 0.2) is 18.2 Å². The minimum Gasteiger partial charge on any atom is -0.460 e. The van der Waals surface area contributed by atoms with E-state index >= 15 is 0 Å². The molecule has 172 valence electrons. The second kappa shape index (κ2) is 10.5. The Morgan fingerprint density at radius 2 is 2.06 bits per heavy atom. The molecule has 0 bridgehead atoms. The van der Waals surface area contributed by atoms with Crippen molar-refractivity contribution < 1.29 is 19.0 Å². The van der Waals surface area contributed by atoms with Crippen molar-refractivity contribution in [3.05, 3.63) is 23.8 Å². The van der Waals surface area contributed by atoms with Gasteiger partial charge in [0.05, 0.1) is 17.5 Å². The van der Waals surface area contributed by atoms with Crippen LogP contribution < -0.4 is 10.1 Å². The predicted octanol–water partition coefficient (Wildman–Crippen LogP) is 3.93. The third kappa shape index (κ3) is 6.20. The maximum absolute atomic E-state index is 12.9. The number of methoxy groups -OCH3 is 1. The Balaban J connectivity index is 1.78. The number of carbonyl (C=O) groups excluding carboxylic acids is 1. The molecule has 7 heteroatoms. The lowest BCUT2D eigenvalue weighted by Gasteiger charge is -2.27. The van der Waals surface area contributed by atoms with Crippen molar-refractivity contribution in [2.24, 2.45) is 11.8 Å². The molecule has 1 aromatic heterocycles. The third-order valence-electron chi connectivity index (χ3n) is 5.80. The Morgan fingerprint density at radius 1 is 1.32 bits per heavy atom. The maximum Gasteiger partial charge on any atom is 0.263 e. The van der Waals surface area contributed by atoms with Crippen molar-refractivity contribution in [1.29, 1.82) is 0 Å². The molecule has 1 amide bonds. The first kappa shape index (κ1) is 23.5. The average molecular weight is 432 g/mol. The Hall–Kier alpha value is -2.12. The number of amides is 1. The second-order valence-electron chi connectivity index (χ2n) is 9.37. The highest BCUT2D eigenvalue weighted by Crippen LogP contribution is 2.30. The number of nitrogens with zero attached hydrogens (tertiary/aromatic N) is 2.